The van der Waals surface area contributed by atoms with Crippen LogP contribution in [0, 0.1) is 0 Å². The summed E-state index contributed by atoms with van der Waals surface area (Å²) in [7, 11) is 0. The molecule has 0 unspecified atom stereocenters. The maximum Gasteiger partial charge on any atom is 0.268 e. The van der Waals surface area contributed by atoms with Crippen molar-refractivity contribution in [2.75, 3.05) is 6.54 Å². The number of thioether (sulfide) groups is 1. The van der Waals surface area contributed by atoms with E-state index in [1.54, 1.807) is 6.26 Å². The monoisotopic (exact) mass is 395 g/mol. The summed E-state index contributed by atoms with van der Waals surface area (Å²) >= 11 is 2.84. The van der Waals surface area contributed by atoms with Gasteiger partial charge in [-0.2, -0.15) is 0 Å². The Morgan fingerprint density at radius 1 is 0.963 bits per heavy atom. The minimum Gasteiger partial charge on any atom is -0.468 e. The van der Waals surface area contributed by atoms with Crippen LogP contribution in [0.5, 0.6) is 0 Å². The van der Waals surface area contributed by atoms with Gasteiger partial charge in [-0.15, -0.1) is 23.1 Å². The molecule has 0 saturated heterocycles. The van der Waals surface area contributed by atoms with Crippen molar-refractivity contribution in [2.45, 2.75) is 12.2 Å². The molecule has 0 N–H and O–H groups in total. The van der Waals surface area contributed by atoms with Crippen LogP contribution < -0.4 is 0 Å². The van der Waals surface area contributed by atoms with Crippen molar-refractivity contribution >= 4 is 40.5 Å². The molecule has 3 aromatic rings. The van der Waals surface area contributed by atoms with Crippen LogP contribution in [0.4, 0.5) is 0 Å². The summed E-state index contributed by atoms with van der Waals surface area (Å²) in [5, 5.41) is 1.92. The van der Waals surface area contributed by atoms with Gasteiger partial charge in [0, 0.05) is 11.4 Å². The van der Waals surface area contributed by atoms with E-state index >= 15 is 0 Å². The highest BCUT2D eigenvalue weighted by molar-refractivity contribution is 8.03. The Labute approximate surface area is 165 Å². The second kappa shape index (κ2) is 7.98. The summed E-state index contributed by atoms with van der Waals surface area (Å²) in [5.41, 5.74) is 1.62. The molecule has 4 rings (SSSR count). The highest BCUT2D eigenvalue weighted by atomic mass is 32.2. The zero-order valence-corrected chi connectivity index (χ0v) is 16.1. The van der Waals surface area contributed by atoms with Crippen LogP contribution in [0.1, 0.15) is 16.2 Å². The van der Waals surface area contributed by atoms with Crippen molar-refractivity contribution in [3.63, 3.8) is 0 Å². The maximum absolute atomic E-state index is 13.0. The fourth-order valence-corrected chi connectivity index (χ4v) is 4.81. The lowest BCUT2D eigenvalue weighted by atomic mass is 10.1. The number of imide groups is 1. The number of amides is 2. The van der Waals surface area contributed by atoms with Crippen molar-refractivity contribution in [1.82, 2.24) is 4.90 Å². The third-order valence-electron chi connectivity index (χ3n) is 4.30. The molecule has 3 heterocycles. The van der Waals surface area contributed by atoms with Crippen molar-refractivity contribution in [2.24, 2.45) is 0 Å². The molecule has 2 amide bonds. The van der Waals surface area contributed by atoms with Gasteiger partial charge in [-0.3, -0.25) is 14.5 Å². The molecule has 4 nitrogen and oxygen atoms in total. The summed E-state index contributed by atoms with van der Waals surface area (Å²) in [5.74, 6) is 0.875. The number of nitrogens with zero attached hydrogens (tertiary/aromatic N) is 1. The summed E-state index contributed by atoms with van der Waals surface area (Å²) < 4.78 is 5.36. The summed E-state index contributed by atoms with van der Waals surface area (Å²) in [6.07, 6.45) is 2.25. The predicted molar refractivity (Wildman–Crippen MR) is 108 cm³/mol. The van der Waals surface area contributed by atoms with Gasteiger partial charge in [0.25, 0.3) is 11.8 Å². The molecule has 0 fully saturated rings. The van der Waals surface area contributed by atoms with Crippen molar-refractivity contribution in [1.29, 1.82) is 0 Å². The number of benzene rings is 1. The molecule has 1 aliphatic heterocycles. The average Bonchev–Trinajstić information content (AvgIpc) is 3.42. The topological polar surface area (TPSA) is 50.5 Å². The molecule has 2 aromatic heterocycles. The molecule has 0 bridgehead atoms. The number of furan rings is 1. The molecular formula is C21H17NO3S2. The number of carbonyl (C=O) groups is 2. The van der Waals surface area contributed by atoms with Crippen molar-refractivity contribution in [3.8, 4) is 0 Å². The Kier molecular flexibility index (Phi) is 5.27. The van der Waals surface area contributed by atoms with Gasteiger partial charge in [-0.05, 0) is 35.6 Å². The standard InChI is InChI=1S/C21H17NO3S2/c23-20-18(17-9-5-13-26-17)19(27-14-16-8-4-12-25-16)21(24)22(20)11-10-15-6-2-1-3-7-15/h1-9,12-13H,10-11,14H2. The Bertz CT molecular complexity index is 960. The first-order valence-corrected chi connectivity index (χ1v) is 10.4. The first kappa shape index (κ1) is 17.8. The van der Waals surface area contributed by atoms with E-state index in [0.717, 1.165) is 16.2 Å². The first-order valence-electron chi connectivity index (χ1n) is 8.57. The molecule has 0 atom stereocenters. The maximum atomic E-state index is 13.0. The Morgan fingerprint density at radius 3 is 2.52 bits per heavy atom. The van der Waals surface area contributed by atoms with E-state index < -0.39 is 0 Å². The quantitative estimate of drug-likeness (QED) is 0.549. The van der Waals surface area contributed by atoms with Crippen LogP contribution in [0.2, 0.25) is 0 Å². The fourth-order valence-electron chi connectivity index (χ4n) is 2.95. The number of hydrogen-bond acceptors (Lipinski definition) is 5. The van der Waals surface area contributed by atoms with Crippen LogP contribution in [0.15, 0.2) is 75.6 Å². The second-order valence-electron chi connectivity index (χ2n) is 6.05. The van der Waals surface area contributed by atoms with Crippen molar-refractivity contribution < 1.29 is 14.0 Å². The summed E-state index contributed by atoms with van der Waals surface area (Å²) in [4.78, 5) is 28.7. The normalized spacial score (nSPS) is 14.4. The Morgan fingerprint density at radius 2 is 1.81 bits per heavy atom. The second-order valence-corrected chi connectivity index (χ2v) is 7.98. The molecule has 6 heteroatoms. The number of hydrogen-bond donors (Lipinski definition) is 0. The van der Waals surface area contributed by atoms with Crippen molar-refractivity contribution in [3.05, 3.63) is 87.3 Å². The van der Waals surface area contributed by atoms with E-state index in [0.29, 0.717) is 29.2 Å². The number of thiophene rings is 1. The molecule has 0 radical (unpaired) electrons. The van der Waals surface area contributed by atoms with E-state index in [-0.39, 0.29) is 11.8 Å². The van der Waals surface area contributed by atoms with E-state index in [4.69, 9.17) is 4.42 Å². The van der Waals surface area contributed by atoms with E-state index in [2.05, 4.69) is 0 Å². The van der Waals surface area contributed by atoms with Gasteiger partial charge in [0.05, 0.1) is 22.5 Å². The van der Waals surface area contributed by atoms with Gasteiger partial charge in [0.1, 0.15) is 5.76 Å². The molecule has 0 saturated carbocycles. The van der Waals surface area contributed by atoms with E-state index in [9.17, 15) is 9.59 Å². The minimum atomic E-state index is -0.212. The van der Waals surface area contributed by atoms with Gasteiger partial charge < -0.3 is 4.42 Å². The van der Waals surface area contributed by atoms with Gasteiger partial charge in [-0.1, -0.05) is 36.4 Å². The SMILES string of the molecule is O=C1C(SCc2ccco2)=C(c2cccs2)C(=O)N1CCc1ccccc1. The molecule has 27 heavy (non-hydrogen) atoms. The molecule has 1 aliphatic rings. The van der Waals surface area contributed by atoms with Crippen LogP contribution in [0.25, 0.3) is 5.57 Å². The number of carbonyl (C=O) groups excluding carboxylic acids is 2. The highest BCUT2D eigenvalue weighted by Gasteiger charge is 2.39. The zero-order chi connectivity index (χ0) is 18.6. The highest BCUT2D eigenvalue weighted by Crippen LogP contribution is 2.39. The van der Waals surface area contributed by atoms with Crippen LogP contribution in [0.3, 0.4) is 0 Å². The summed E-state index contributed by atoms with van der Waals surface area (Å²) in [6.45, 7) is 0.376. The minimum absolute atomic E-state index is 0.208. The lowest BCUT2D eigenvalue weighted by molar-refractivity contribution is -0.136. The lowest BCUT2D eigenvalue weighted by Crippen LogP contribution is -2.33. The van der Waals surface area contributed by atoms with Gasteiger partial charge in [0.15, 0.2) is 0 Å². The third-order valence-corrected chi connectivity index (χ3v) is 6.28. The largest absolute Gasteiger partial charge is 0.468 e. The Hall–Kier alpha value is -2.57. The zero-order valence-electron chi connectivity index (χ0n) is 14.5. The van der Waals surface area contributed by atoms with Gasteiger partial charge in [-0.25, -0.2) is 0 Å². The van der Waals surface area contributed by atoms with E-state index in [1.165, 1.54) is 28.0 Å². The Balaban J connectivity index is 1.56. The molecule has 136 valence electrons. The molecule has 1 aromatic carbocycles. The smallest absolute Gasteiger partial charge is 0.268 e. The predicted octanol–water partition coefficient (Wildman–Crippen LogP) is 4.60. The van der Waals surface area contributed by atoms with E-state index in [1.807, 2.05) is 60.0 Å². The lowest BCUT2D eigenvalue weighted by Gasteiger charge is -2.14. The molecule has 0 spiro atoms. The van der Waals surface area contributed by atoms with Gasteiger partial charge >= 0.3 is 0 Å². The van der Waals surface area contributed by atoms with Gasteiger partial charge in [0.2, 0.25) is 0 Å². The van der Waals surface area contributed by atoms with Crippen LogP contribution >= 0.6 is 23.1 Å². The third kappa shape index (κ3) is 3.77. The first-order chi connectivity index (χ1) is 13.2. The fraction of sp³-hybridized carbons (Fsp3) is 0.143. The molecule has 0 aliphatic carbocycles. The molecular weight excluding hydrogens is 378 g/mol. The average molecular weight is 396 g/mol. The van der Waals surface area contributed by atoms with Crippen LogP contribution in [-0.2, 0) is 21.8 Å². The van der Waals surface area contributed by atoms with Crippen LogP contribution in [-0.4, -0.2) is 23.3 Å². The number of rotatable bonds is 7. The summed E-state index contributed by atoms with van der Waals surface area (Å²) in [6, 6.07) is 17.4.